The van der Waals surface area contributed by atoms with Crippen LogP contribution in [0.4, 0.5) is 10.1 Å². The van der Waals surface area contributed by atoms with Gasteiger partial charge >= 0.3 is 0 Å². The summed E-state index contributed by atoms with van der Waals surface area (Å²) in [6.07, 6.45) is 3.81. The highest BCUT2D eigenvalue weighted by Gasteiger charge is 2.36. The predicted molar refractivity (Wildman–Crippen MR) is 113 cm³/mol. The monoisotopic (exact) mass is 427 g/mol. The Hall–Kier alpha value is -3.20. The molecule has 0 aliphatic carbocycles. The van der Waals surface area contributed by atoms with Gasteiger partial charge in [-0.15, -0.1) is 5.10 Å². The Balaban J connectivity index is 2.14. The third-order valence-electron chi connectivity index (χ3n) is 4.75. The minimum absolute atomic E-state index is 0.0979. The summed E-state index contributed by atoms with van der Waals surface area (Å²) in [6, 6.07) is 7.76. The zero-order valence-corrected chi connectivity index (χ0v) is 17.7. The van der Waals surface area contributed by atoms with Gasteiger partial charge in [-0.2, -0.15) is 0 Å². The number of amides is 2. The number of benzene rings is 1. The molecule has 156 valence electrons. The summed E-state index contributed by atoms with van der Waals surface area (Å²) >= 11 is 1.03. The molecule has 2 amide bonds. The third-order valence-corrected chi connectivity index (χ3v) is 5.26. The van der Waals surface area contributed by atoms with Crippen molar-refractivity contribution in [2.24, 2.45) is 0 Å². The first-order chi connectivity index (χ1) is 14.3. The van der Waals surface area contributed by atoms with Crippen LogP contribution in [0, 0.1) is 5.82 Å². The molecule has 2 heterocycles. The first kappa shape index (κ1) is 21.5. The van der Waals surface area contributed by atoms with E-state index in [1.807, 2.05) is 20.8 Å². The Morgan fingerprint density at radius 2 is 1.97 bits per heavy atom. The van der Waals surface area contributed by atoms with Gasteiger partial charge in [0, 0.05) is 34.6 Å². The quantitative estimate of drug-likeness (QED) is 0.620. The molecule has 1 aromatic carbocycles. The van der Waals surface area contributed by atoms with Crippen molar-refractivity contribution >= 4 is 29.0 Å². The van der Waals surface area contributed by atoms with Crippen LogP contribution in [0.15, 0.2) is 54.2 Å². The topological polar surface area (TPSA) is 88.1 Å². The molecule has 2 aromatic heterocycles. The van der Waals surface area contributed by atoms with Crippen molar-refractivity contribution in [2.75, 3.05) is 4.90 Å². The van der Waals surface area contributed by atoms with Gasteiger partial charge < -0.3 is 5.32 Å². The lowest BCUT2D eigenvalue weighted by molar-refractivity contribution is -0.124. The fourth-order valence-electron chi connectivity index (χ4n) is 2.81. The Morgan fingerprint density at radius 1 is 1.23 bits per heavy atom. The normalized spacial score (nSPS) is 12.3. The van der Waals surface area contributed by atoms with E-state index in [0.29, 0.717) is 17.7 Å². The van der Waals surface area contributed by atoms with Crippen molar-refractivity contribution in [2.45, 2.75) is 38.8 Å². The number of pyridine rings is 1. The van der Waals surface area contributed by atoms with E-state index < -0.39 is 23.3 Å². The molecule has 3 rings (SSSR count). The number of anilines is 1. The van der Waals surface area contributed by atoms with Crippen LogP contribution in [-0.2, 0) is 4.79 Å². The molecule has 0 spiro atoms. The molecule has 3 aromatic rings. The van der Waals surface area contributed by atoms with E-state index in [-0.39, 0.29) is 11.6 Å². The molecule has 30 heavy (non-hydrogen) atoms. The number of nitrogens with one attached hydrogen (secondary N) is 1. The van der Waals surface area contributed by atoms with Crippen molar-refractivity contribution in [3.05, 3.63) is 71.2 Å². The number of carbonyl (C=O) groups is 2. The summed E-state index contributed by atoms with van der Waals surface area (Å²) < 4.78 is 17.3. The smallest absolute Gasteiger partial charge is 0.280 e. The molecule has 0 saturated carbocycles. The molecule has 1 unspecified atom stereocenters. The van der Waals surface area contributed by atoms with Crippen LogP contribution in [0.5, 0.6) is 0 Å². The first-order valence-electron chi connectivity index (χ1n) is 9.40. The van der Waals surface area contributed by atoms with E-state index in [2.05, 4.69) is 19.9 Å². The third kappa shape index (κ3) is 4.85. The molecule has 0 fully saturated rings. The van der Waals surface area contributed by atoms with Crippen LogP contribution in [0.25, 0.3) is 0 Å². The fraction of sp³-hybridized carbons (Fsp3) is 0.286. The van der Waals surface area contributed by atoms with Crippen LogP contribution in [0.1, 0.15) is 49.3 Å². The number of carbonyl (C=O) groups excluding carboxylic acids is 2. The van der Waals surface area contributed by atoms with E-state index in [9.17, 15) is 14.0 Å². The lowest BCUT2D eigenvalue weighted by Crippen LogP contribution is -2.50. The number of hydrogen-bond acceptors (Lipinski definition) is 6. The molecular weight excluding hydrogens is 405 g/mol. The van der Waals surface area contributed by atoms with Gasteiger partial charge in [0.2, 0.25) is 5.91 Å². The number of rotatable bonds is 7. The molecule has 7 nitrogen and oxygen atoms in total. The van der Waals surface area contributed by atoms with Crippen LogP contribution < -0.4 is 10.2 Å². The summed E-state index contributed by atoms with van der Waals surface area (Å²) in [5.74, 6) is -1.35. The highest BCUT2D eigenvalue weighted by atomic mass is 32.1. The van der Waals surface area contributed by atoms with Crippen molar-refractivity contribution in [1.82, 2.24) is 19.9 Å². The fourth-order valence-corrected chi connectivity index (χ4v) is 3.24. The summed E-state index contributed by atoms with van der Waals surface area (Å²) in [4.78, 5) is 32.2. The maximum atomic E-state index is 13.6. The van der Waals surface area contributed by atoms with Gasteiger partial charge in [-0.1, -0.05) is 17.5 Å². The molecule has 0 aliphatic rings. The van der Waals surface area contributed by atoms with E-state index in [1.165, 1.54) is 40.7 Å². The maximum Gasteiger partial charge on any atom is 0.280 e. The van der Waals surface area contributed by atoms with Crippen molar-refractivity contribution in [3.8, 4) is 0 Å². The number of nitrogens with zero attached hydrogens (tertiary/aromatic N) is 4. The van der Waals surface area contributed by atoms with Crippen molar-refractivity contribution in [3.63, 3.8) is 0 Å². The van der Waals surface area contributed by atoms with Crippen LogP contribution in [0.3, 0.4) is 0 Å². The largest absolute Gasteiger partial charge is 0.349 e. The molecule has 0 saturated heterocycles. The lowest BCUT2D eigenvalue weighted by atomic mass is 9.99. The second kappa shape index (κ2) is 9.08. The highest BCUT2D eigenvalue weighted by molar-refractivity contribution is 7.03. The molecule has 1 atom stereocenters. The van der Waals surface area contributed by atoms with Crippen molar-refractivity contribution < 1.29 is 14.0 Å². The van der Waals surface area contributed by atoms with E-state index in [1.54, 1.807) is 18.3 Å². The predicted octanol–water partition coefficient (Wildman–Crippen LogP) is 3.77. The average molecular weight is 428 g/mol. The van der Waals surface area contributed by atoms with Gasteiger partial charge in [-0.05, 0) is 62.1 Å². The molecule has 9 heteroatoms. The van der Waals surface area contributed by atoms with E-state index in [4.69, 9.17) is 0 Å². The second-order valence-electron chi connectivity index (χ2n) is 7.36. The van der Waals surface area contributed by atoms with Crippen LogP contribution in [-0.4, -0.2) is 31.9 Å². The Morgan fingerprint density at radius 3 is 2.53 bits per heavy atom. The SMILES string of the molecule is CCC(C)(C)NC(=O)C(c1cccnc1)N(C(=O)c1csnn1)c1ccc(F)cc1. The summed E-state index contributed by atoms with van der Waals surface area (Å²) in [5.41, 5.74) is 0.480. The summed E-state index contributed by atoms with van der Waals surface area (Å²) in [5, 5.41) is 8.37. The first-order valence-corrected chi connectivity index (χ1v) is 10.2. The van der Waals surface area contributed by atoms with Gasteiger partial charge in [-0.3, -0.25) is 19.5 Å². The Bertz CT molecular complexity index is 994. The molecule has 0 bridgehead atoms. The van der Waals surface area contributed by atoms with Gasteiger partial charge in [0.05, 0.1) is 0 Å². The molecule has 0 radical (unpaired) electrons. The van der Waals surface area contributed by atoms with Crippen LogP contribution >= 0.6 is 11.5 Å². The van der Waals surface area contributed by atoms with Gasteiger partial charge in [0.25, 0.3) is 5.91 Å². The van der Waals surface area contributed by atoms with Crippen LogP contribution in [0.2, 0.25) is 0 Å². The minimum atomic E-state index is -1.04. The average Bonchev–Trinajstić information content (AvgIpc) is 3.27. The van der Waals surface area contributed by atoms with Gasteiger partial charge in [0.15, 0.2) is 5.69 Å². The van der Waals surface area contributed by atoms with Gasteiger partial charge in [0.1, 0.15) is 11.9 Å². The standard InChI is InChI=1S/C21H22FN5O2S/c1-4-21(2,3)24-19(28)18(14-6-5-11-23-12-14)27(16-9-7-15(22)8-10-16)20(29)17-13-30-26-25-17/h5-13,18H,4H2,1-3H3,(H,24,28). The molecule has 1 N–H and O–H groups in total. The number of aromatic nitrogens is 3. The summed E-state index contributed by atoms with van der Waals surface area (Å²) in [6.45, 7) is 5.77. The Labute approximate surface area is 178 Å². The minimum Gasteiger partial charge on any atom is -0.349 e. The molecule has 0 aliphatic heterocycles. The number of hydrogen-bond donors (Lipinski definition) is 1. The van der Waals surface area contributed by atoms with E-state index in [0.717, 1.165) is 11.5 Å². The highest BCUT2D eigenvalue weighted by Crippen LogP contribution is 2.30. The Kier molecular flexibility index (Phi) is 6.51. The number of halogens is 1. The zero-order valence-electron chi connectivity index (χ0n) is 16.9. The second-order valence-corrected chi connectivity index (χ2v) is 7.97. The maximum absolute atomic E-state index is 13.6. The summed E-state index contributed by atoms with van der Waals surface area (Å²) in [7, 11) is 0. The van der Waals surface area contributed by atoms with Gasteiger partial charge in [-0.25, -0.2) is 4.39 Å². The lowest BCUT2D eigenvalue weighted by Gasteiger charge is -2.34. The molecular formula is C21H22FN5O2S. The van der Waals surface area contributed by atoms with E-state index >= 15 is 0 Å². The zero-order chi connectivity index (χ0) is 21.7. The van der Waals surface area contributed by atoms with Crippen molar-refractivity contribution in [1.29, 1.82) is 0 Å².